The maximum Gasteiger partial charge on any atom is 0.0354 e. The third-order valence-electron chi connectivity index (χ3n) is 3.93. The van der Waals surface area contributed by atoms with Gasteiger partial charge in [-0.05, 0) is 39.4 Å². The van der Waals surface area contributed by atoms with Gasteiger partial charge in [-0.3, -0.25) is 4.90 Å². The van der Waals surface area contributed by atoms with E-state index in [1.165, 1.54) is 12.8 Å². The molecule has 0 saturated carbocycles. The van der Waals surface area contributed by atoms with E-state index in [9.17, 15) is 0 Å². The standard InChI is InChI=1S/C13H30N2/c1-7-13(8-2,12(6)14-9-3)15(10-4)11-5/h12,14H,7-11H2,1-6H3. The summed E-state index contributed by atoms with van der Waals surface area (Å²) in [5.74, 6) is 0. The van der Waals surface area contributed by atoms with Crippen molar-refractivity contribution in [2.24, 2.45) is 0 Å². The van der Waals surface area contributed by atoms with Crippen molar-refractivity contribution in [1.82, 2.24) is 10.2 Å². The molecule has 0 aliphatic rings. The van der Waals surface area contributed by atoms with Gasteiger partial charge in [0.25, 0.3) is 0 Å². The van der Waals surface area contributed by atoms with E-state index in [4.69, 9.17) is 0 Å². The number of hydrogen-bond acceptors (Lipinski definition) is 2. The van der Waals surface area contributed by atoms with Crippen LogP contribution in [0.25, 0.3) is 0 Å². The third-order valence-corrected chi connectivity index (χ3v) is 3.93. The van der Waals surface area contributed by atoms with Gasteiger partial charge in [0, 0.05) is 11.6 Å². The van der Waals surface area contributed by atoms with E-state index in [1.807, 2.05) is 0 Å². The highest BCUT2D eigenvalue weighted by molar-refractivity contribution is 4.96. The third kappa shape index (κ3) is 3.18. The zero-order valence-electron chi connectivity index (χ0n) is 11.6. The van der Waals surface area contributed by atoms with Gasteiger partial charge < -0.3 is 5.32 Å². The van der Waals surface area contributed by atoms with E-state index >= 15 is 0 Å². The normalized spacial score (nSPS) is 14.6. The van der Waals surface area contributed by atoms with Crippen LogP contribution in [0.4, 0.5) is 0 Å². The smallest absolute Gasteiger partial charge is 0.0354 e. The van der Waals surface area contributed by atoms with Crippen LogP contribution >= 0.6 is 0 Å². The molecule has 0 amide bonds. The highest BCUT2D eigenvalue weighted by atomic mass is 15.2. The van der Waals surface area contributed by atoms with Crippen LogP contribution in [0, 0.1) is 0 Å². The number of nitrogens with zero attached hydrogens (tertiary/aromatic N) is 1. The zero-order chi connectivity index (χ0) is 11.9. The lowest BCUT2D eigenvalue weighted by Crippen LogP contribution is -2.59. The summed E-state index contributed by atoms with van der Waals surface area (Å²) >= 11 is 0. The quantitative estimate of drug-likeness (QED) is 0.668. The summed E-state index contributed by atoms with van der Waals surface area (Å²) in [6, 6.07) is 0.567. The van der Waals surface area contributed by atoms with Crippen LogP contribution < -0.4 is 5.32 Å². The second kappa shape index (κ2) is 7.24. The largest absolute Gasteiger partial charge is 0.313 e. The van der Waals surface area contributed by atoms with Gasteiger partial charge in [-0.1, -0.05) is 34.6 Å². The summed E-state index contributed by atoms with van der Waals surface area (Å²) in [5.41, 5.74) is 0.333. The fraction of sp³-hybridized carbons (Fsp3) is 1.00. The topological polar surface area (TPSA) is 15.3 Å². The first kappa shape index (κ1) is 14.9. The zero-order valence-corrected chi connectivity index (χ0v) is 11.6. The Morgan fingerprint density at radius 2 is 1.47 bits per heavy atom. The molecule has 92 valence electrons. The predicted octanol–water partition coefficient (Wildman–Crippen LogP) is 2.89. The van der Waals surface area contributed by atoms with Crippen molar-refractivity contribution in [1.29, 1.82) is 0 Å². The first-order valence-electron chi connectivity index (χ1n) is 6.61. The molecule has 0 fully saturated rings. The monoisotopic (exact) mass is 214 g/mol. The Bertz CT molecular complexity index is 149. The molecule has 2 nitrogen and oxygen atoms in total. The maximum atomic E-state index is 3.60. The summed E-state index contributed by atoms with van der Waals surface area (Å²) in [5, 5.41) is 3.60. The molecule has 0 radical (unpaired) electrons. The van der Waals surface area contributed by atoms with Gasteiger partial charge in [0.05, 0.1) is 0 Å². The molecule has 0 aromatic rings. The highest BCUT2D eigenvalue weighted by Gasteiger charge is 2.36. The van der Waals surface area contributed by atoms with Crippen LogP contribution in [0.5, 0.6) is 0 Å². The Morgan fingerprint density at radius 1 is 1.00 bits per heavy atom. The molecule has 2 heteroatoms. The molecule has 1 N–H and O–H groups in total. The Labute approximate surface area is 96.4 Å². The Kier molecular flexibility index (Phi) is 7.20. The molecule has 1 atom stereocenters. The SMILES string of the molecule is CCNC(C)C(CC)(CC)N(CC)CC. The minimum Gasteiger partial charge on any atom is -0.313 e. The summed E-state index contributed by atoms with van der Waals surface area (Å²) in [6.07, 6.45) is 2.44. The van der Waals surface area contributed by atoms with Crippen LogP contribution in [0.15, 0.2) is 0 Å². The van der Waals surface area contributed by atoms with Crippen LogP contribution in [-0.2, 0) is 0 Å². The van der Waals surface area contributed by atoms with Gasteiger partial charge in [0.15, 0.2) is 0 Å². The molecule has 0 spiro atoms. The van der Waals surface area contributed by atoms with E-state index in [1.54, 1.807) is 0 Å². The number of likely N-dealkylation sites (N-methyl/N-ethyl adjacent to an activating group) is 2. The number of nitrogens with one attached hydrogen (secondary N) is 1. The minimum absolute atomic E-state index is 0.333. The molecule has 0 aliphatic carbocycles. The van der Waals surface area contributed by atoms with E-state index in [0.717, 1.165) is 19.6 Å². The van der Waals surface area contributed by atoms with Crippen LogP contribution in [-0.4, -0.2) is 36.1 Å². The maximum absolute atomic E-state index is 3.60. The van der Waals surface area contributed by atoms with Gasteiger partial charge in [0.1, 0.15) is 0 Å². The Morgan fingerprint density at radius 3 is 1.73 bits per heavy atom. The van der Waals surface area contributed by atoms with Gasteiger partial charge >= 0.3 is 0 Å². The van der Waals surface area contributed by atoms with Gasteiger partial charge in [-0.25, -0.2) is 0 Å². The summed E-state index contributed by atoms with van der Waals surface area (Å²) < 4.78 is 0. The molecule has 0 aliphatic heterocycles. The van der Waals surface area contributed by atoms with Crippen molar-refractivity contribution in [3.63, 3.8) is 0 Å². The van der Waals surface area contributed by atoms with Crippen molar-refractivity contribution >= 4 is 0 Å². The highest BCUT2D eigenvalue weighted by Crippen LogP contribution is 2.27. The van der Waals surface area contributed by atoms with Crippen molar-refractivity contribution < 1.29 is 0 Å². The van der Waals surface area contributed by atoms with Gasteiger partial charge in [0.2, 0.25) is 0 Å². The fourth-order valence-electron chi connectivity index (χ4n) is 2.93. The lowest BCUT2D eigenvalue weighted by Gasteiger charge is -2.47. The Hall–Kier alpha value is -0.0800. The predicted molar refractivity (Wildman–Crippen MR) is 69.4 cm³/mol. The van der Waals surface area contributed by atoms with E-state index in [2.05, 4.69) is 51.8 Å². The molecular weight excluding hydrogens is 184 g/mol. The molecule has 0 bridgehead atoms. The minimum atomic E-state index is 0.333. The molecule has 0 rings (SSSR count). The lowest BCUT2D eigenvalue weighted by molar-refractivity contribution is 0.0561. The van der Waals surface area contributed by atoms with Crippen molar-refractivity contribution in [3.05, 3.63) is 0 Å². The molecule has 15 heavy (non-hydrogen) atoms. The second-order valence-corrected chi connectivity index (χ2v) is 4.26. The van der Waals surface area contributed by atoms with E-state index < -0.39 is 0 Å². The molecule has 0 saturated heterocycles. The molecule has 0 aromatic heterocycles. The number of rotatable bonds is 8. The van der Waals surface area contributed by atoms with Crippen LogP contribution in [0.2, 0.25) is 0 Å². The van der Waals surface area contributed by atoms with Crippen molar-refractivity contribution in [2.45, 2.75) is 66.0 Å². The van der Waals surface area contributed by atoms with Crippen molar-refractivity contribution in [3.8, 4) is 0 Å². The average molecular weight is 214 g/mol. The molecule has 0 heterocycles. The van der Waals surface area contributed by atoms with Crippen molar-refractivity contribution in [2.75, 3.05) is 19.6 Å². The lowest BCUT2D eigenvalue weighted by atomic mass is 9.83. The van der Waals surface area contributed by atoms with E-state index in [-0.39, 0.29) is 0 Å². The fourth-order valence-corrected chi connectivity index (χ4v) is 2.93. The first-order chi connectivity index (χ1) is 7.12. The average Bonchev–Trinajstić information content (AvgIpc) is 2.26. The number of hydrogen-bond donors (Lipinski definition) is 1. The summed E-state index contributed by atoms with van der Waals surface area (Å²) in [7, 11) is 0. The first-order valence-corrected chi connectivity index (χ1v) is 6.61. The van der Waals surface area contributed by atoms with Crippen LogP contribution in [0.1, 0.15) is 54.4 Å². The summed E-state index contributed by atoms with van der Waals surface area (Å²) in [4.78, 5) is 2.61. The van der Waals surface area contributed by atoms with E-state index in [0.29, 0.717) is 11.6 Å². The second-order valence-electron chi connectivity index (χ2n) is 4.26. The Balaban J connectivity index is 4.83. The van der Waals surface area contributed by atoms with Gasteiger partial charge in [-0.2, -0.15) is 0 Å². The molecule has 0 aromatic carbocycles. The van der Waals surface area contributed by atoms with Crippen LogP contribution in [0.3, 0.4) is 0 Å². The molecular formula is C13H30N2. The van der Waals surface area contributed by atoms with Gasteiger partial charge in [-0.15, -0.1) is 0 Å². The molecule has 1 unspecified atom stereocenters. The summed E-state index contributed by atoms with van der Waals surface area (Å²) in [6.45, 7) is 17.0.